The molecule has 0 aromatic carbocycles. The molecule has 0 aromatic heterocycles. The average Bonchev–Trinajstić information content (AvgIpc) is 2.54. The van der Waals surface area contributed by atoms with Crippen molar-refractivity contribution in [3.63, 3.8) is 0 Å². The molecule has 0 radical (unpaired) electrons. The summed E-state index contributed by atoms with van der Waals surface area (Å²) >= 11 is 0. The molecule has 0 saturated carbocycles. The van der Waals surface area contributed by atoms with Crippen LogP contribution in [0.25, 0.3) is 0 Å². The molecular formula is C15H26N4O7. The monoisotopic (exact) mass is 374 g/mol. The van der Waals surface area contributed by atoms with Gasteiger partial charge in [-0.05, 0) is 19.3 Å². The summed E-state index contributed by atoms with van der Waals surface area (Å²) < 4.78 is 0. The Bertz CT molecular complexity index is 550. The Kier molecular flexibility index (Phi) is 9.89. The Morgan fingerprint density at radius 1 is 0.962 bits per heavy atom. The zero-order chi connectivity index (χ0) is 20.4. The van der Waals surface area contributed by atoms with Gasteiger partial charge in [0.1, 0.15) is 12.1 Å². The van der Waals surface area contributed by atoms with Gasteiger partial charge in [0, 0.05) is 6.42 Å². The van der Waals surface area contributed by atoms with E-state index in [-0.39, 0.29) is 12.3 Å². The van der Waals surface area contributed by atoms with Crippen molar-refractivity contribution in [2.45, 2.75) is 51.7 Å². The number of carbonyl (C=O) groups excluding carboxylic acids is 3. The zero-order valence-electron chi connectivity index (χ0n) is 14.9. The number of hydrogen-bond donors (Lipinski definition) is 6. The lowest BCUT2D eigenvalue weighted by Gasteiger charge is -2.20. The van der Waals surface area contributed by atoms with E-state index in [2.05, 4.69) is 16.0 Å². The molecular weight excluding hydrogens is 348 g/mol. The van der Waals surface area contributed by atoms with Crippen LogP contribution in [0.3, 0.4) is 0 Å². The van der Waals surface area contributed by atoms with Gasteiger partial charge in [-0.2, -0.15) is 0 Å². The SMILES string of the molecule is CC(NC(=O)C(CCC(=O)O)NC(=O)CNC(=O)C(N)C(C)C)C(=O)O. The molecule has 0 aliphatic heterocycles. The van der Waals surface area contributed by atoms with Crippen LogP contribution in [0.4, 0.5) is 0 Å². The first-order valence-electron chi connectivity index (χ1n) is 8.03. The molecule has 26 heavy (non-hydrogen) atoms. The van der Waals surface area contributed by atoms with E-state index in [1.54, 1.807) is 13.8 Å². The third kappa shape index (κ3) is 8.97. The fourth-order valence-corrected chi connectivity index (χ4v) is 1.75. The third-order valence-corrected chi connectivity index (χ3v) is 3.47. The van der Waals surface area contributed by atoms with E-state index in [0.29, 0.717) is 0 Å². The number of amides is 3. The minimum absolute atomic E-state index is 0.135. The summed E-state index contributed by atoms with van der Waals surface area (Å²) in [6, 6.07) is -3.27. The van der Waals surface area contributed by atoms with E-state index in [1.165, 1.54) is 6.92 Å². The molecule has 0 spiro atoms. The summed E-state index contributed by atoms with van der Waals surface area (Å²) in [5.41, 5.74) is 5.63. The third-order valence-electron chi connectivity index (χ3n) is 3.47. The predicted octanol–water partition coefficient (Wildman–Crippen LogP) is -1.98. The highest BCUT2D eigenvalue weighted by Gasteiger charge is 2.25. The van der Waals surface area contributed by atoms with Crippen LogP contribution in [-0.2, 0) is 24.0 Å². The second kappa shape index (κ2) is 11.0. The van der Waals surface area contributed by atoms with Crippen LogP contribution >= 0.6 is 0 Å². The van der Waals surface area contributed by atoms with Gasteiger partial charge in [0.05, 0.1) is 12.6 Å². The quantitative estimate of drug-likeness (QED) is 0.240. The minimum Gasteiger partial charge on any atom is -0.481 e. The molecule has 0 heterocycles. The normalized spacial score (nSPS) is 14.0. The molecule has 0 rings (SSSR count). The van der Waals surface area contributed by atoms with Crippen molar-refractivity contribution in [2.75, 3.05) is 6.54 Å². The van der Waals surface area contributed by atoms with Gasteiger partial charge in [0.25, 0.3) is 0 Å². The van der Waals surface area contributed by atoms with Crippen LogP contribution in [0, 0.1) is 5.92 Å². The maximum Gasteiger partial charge on any atom is 0.325 e. The van der Waals surface area contributed by atoms with Crippen LogP contribution in [0.1, 0.15) is 33.6 Å². The molecule has 0 aliphatic rings. The highest BCUT2D eigenvalue weighted by Crippen LogP contribution is 2.00. The second-order valence-corrected chi connectivity index (χ2v) is 6.11. The largest absolute Gasteiger partial charge is 0.481 e. The van der Waals surface area contributed by atoms with Gasteiger partial charge in [0.15, 0.2) is 0 Å². The van der Waals surface area contributed by atoms with Crippen LogP contribution < -0.4 is 21.7 Å². The number of aliphatic carboxylic acids is 2. The van der Waals surface area contributed by atoms with Crippen molar-refractivity contribution in [1.29, 1.82) is 0 Å². The van der Waals surface area contributed by atoms with Gasteiger partial charge in [-0.15, -0.1) is 0 Å². The molecule has 0 aromatic rings. The minimum atomic E-state index is -1.28. The number of carbonyl (C=O) groups is 5. The van der Waals surface area contributed by atoms with Gasteiger partial charge >= 0.3 is 11.9 Å². The van der Waals surface area contributed by atoms with Crippen molar-refractivity contribution in [2.24, 2.45) is 11.7 Å². The van der Waals surface area contributed by atoms with Gasteiger partial charge < -0.3 is 31.9 Å². The van der Waals surface area contributed by atoms with Gasteiger partial charge in [-0.3, -0.25) is 24.0 Å². The number of rotatable bonds is 11. The van der Waals surface area contributed by atoms with E-state index in [4.69, 9.17) is 15.9 Å². The fourth-order valence-electron chi connectivity index (χ4n) is 1.75. The van der Waals surface area contributed by atoms with Crippen LogP contribution in [0.5, 0.6) is 0 Å². The molecule has 0 bridgehead atoms. The fraction of sp³-hybridized carbons (Fsp3) is 0.667. The molecule has 3 atom stereocenters. The van der Waals surface area contributed by atoms with E-state index in [9.17, 15) is 24.0 Å². The maximum atomic E-state index is 12.1. The van der Waals surface area contributed by atoms with Crippen LogP contribution in [-0.4, -0.2) is 64.5 Å². The van der Waals surface area contributed by atoms with E-state index < -0.39 is 60.8 Å². The Balaban J connectivity index is 4.76. The molecule has 3 unspecified atom stereocenters. The molecule has 7 N–H and O–H groups in total. The molecule has 11 heteroatoms. The van der Waals surface area contributed by atoms with Gasteiger partial charge in [0.2, 0.25) is 17.7 Å². The maximum absolute atomic E-state index is 12.1. The smallest absolute Gasteiger partial charge is 0.325 e. The van der Waals surface area contributed by atoms with Crippen molar-refractivity contribution >= 4 is 29.7 Å². The zero-order valence-corrected chi connectivity index (χ0v) is 14.9. The van der Waals surface area contributed by atoms with Crippen molar-refractivity contribution < 1.29 is 34.2 Å². The lowest BCUT2D eigenvalue weighted by Crippen LogP contribution is -2.53. The highest BCUT2D eigenvalue weighted by molar-refractivity contribution is 5.92. The molecule has 0 saturated heterocycles. The number of carboxylic acid groups (broad SMARTS) is 2. The number of carboxylic acids is 2. The Morgan fingerprint density at radius 2 is 1.54 bits per heavy atom. The summed E-state index contributed by atoms with van der Waals surface area (Å²) in [6.07, 6.45) is -0.650. The van der Waals surface area contributed by atoms with Crippen LogP contribution in [0.2, 0.25) is 0 Å². The van der Waals surface area contributed by atoms with Gasteiger partial charge in [-0.25, -0.2) is 0 Å². The standard InChI is InChI=1S/C15H26N4O7/c1-7(2)12(16)14(24)17-6-10(20)19-9(4-5-11(21)22)13(23)18-8(3)15(25)26/h7-9,12H,4-6,16H2,1-3H3,(H,17,24)(H,18,23)(H,19,20)(H,21,22)(H,25,26). The first-order valence-corrected chi connectivity index (χ1v) is 8.03. The Morgan fingerprint density at radius 3 is 2.00 bits per heavy atom. The summed E-state index contributed by atoms with van der Waals surface area (Å²) in [4.78, 5) is 57.1. The molecule has 148 valence electrons. The summed E-state index contributed by atoms with van der Waals surface area (Å²) in [7, 11) is 0. The Hall–Kier alpha value is -2.69. The summed E-state index contributed by atoms with van der Waals surface area (Å²) in [5.74, 6) is -4.70. The van der Waals surface area contributed by atoms with Gasteiger partial charge in [-0.1, -0.05) is 13.8 Å². The second-order valence-electron chi connectivity index (χ2n) is 6.11. The van der Waals surface area contributed by atoms with E-state index in [0.717, 1.165) is 0 Å². The van der Waals surface area contributed by atoms with Crippen molar-refractivity contribution in [3.05, 3.63) is 0 Å². The lowest BCUT2D eigenvalue weighted by atomic mass is 10.1. The van der Waals surface area contributed by atoms with Crippen LogP contribution in [0.15, 0.2) is 0 Å². The summed E-state index contributed by atoms with van der Waals surface area (Å²) in [6.45, 7) is 4.24. The van der Waals surface area contributed by atoms with Crippen molar-refractivity contribution in [3.8, 4) is 0 Å². The number of hydrogen-bond acceptors (Lipinski definition) is 6. The number of nitrogens with two attached hydrogens (primary N) is 1. The first kappa shape index (κ1) is 23.3. The molecule has 0 fully saturated rings. The first-order chi connectivity index (χ1) is 12.0. The predicted molar refractivity (Wildman–Crippen MR) is 89.9 cm³/mol. The molecule has 3 amide bonds. The van der Waals surface area contributed by atoms with E-state index >= 15 is 0 Å². The molecule has 11 nitrogen and oxygen atoms in total. The average molecular weight is 374 g/mol. The Labute approximate surface area is 150 Å². The van der Waals surface area contributed by atoms with E-state index in [1.807, 2.05) is 0 Å². The highest BCUT2D eigenvalue weighted by atomic mass is 16.4. The number of nitrogens with one attached hydrogen (secondary N) is 3. The van der Waals surface area contributed by atoms with Crippen molar-refractivity contribution in [1.82, 2.24) is 16.0 Å². The summed E-state index contributed by atoms with van der Waals surface area (Å²) in [5, 5.41) is 24.3. The molecule has 0 aliphatic carbocycles. The lowest BCUT2D eigenvalue weighted by molar-refractivity contribution is -0.142. The topological polar surface area (TPSA) is 188 Å².